The molecule has 0 saturated carbocycles. The van der Waals surface area contributed by atoms with Crippen LogP contribution in [0.2, 0.25) is 0 Å². The van der Waals surface area contributed by atoms with Gasteiger partial charge in [-0.2, -0.15) is 0 Å². The smallest absolute Gasteiger partial charge is 0.191 e. The van der Waals surface area contributed by atoms with Crippen molar-refractivity contribution in [3.8, 4) is 0 Å². The molecule has 1 aliphatic heterocycles. The van der Waals surface area contributed by atoms with E-state index in [1.165, 1.54) is 11.1 Å². The summed E-state index contributed by atoms with van der Waals surface area (Å²) in [6, 6.07) is 12.5. The molecule has 1 fully saturated rings. The van der Waals surface area contributed by atoms with Crippen LogP contribution in [0.25, 0.3) is 0 Å². The lowest BCUT2D eigenvalue weighted by molar-refractivity contribution is -0.0705. The van der Waals surface area contributed by atoms with Crippen molar-refractivity contribution >= 4 is 5.96 Å². The van der Waals surface area contributed by atoms with E-state index in [-0.39, 0.29) is 12.2 Å². The molecule has 1 aliphatic rings. The standard InChI is InChI=1S/C23H34N4O2/c1-4-24-23(25-12-11-22-10-7-13-28-22)26-14-20-8-5-6-9-21(20)17-27-15-18(2)29-19(3)16-27/h5-10,13,18-19H,4,11-12,14-17H2,1-3H3,(H2,24,25,26). The summed E-state index contributed by atoms with van der Waals surface area (Å²) in [6.07, 6.45) is 3.11. The Hall–Kier alpha value is -2.31. The zero-order chi connectivity index (χ0) is 20.5. The van der Waals surface area contributed by atoms with Crippen LogP contribution in [0, 0.1) is 0 Å². The average Bonchev–Trinajstić information content (AvgIpc) is 3.20. The Balaban J connectivity index is 1.59. The number of nitrogens with zero attached hydrogens (tertiary/aromatic N) is 2. The zero-order valence-corrected chi connectivity index (χ0v) is 17.9. The Labute approximate surface area is 174 Å². The first-order chi connectivity index (χ1) is 14.1. The van der Waals surface area contributed by atoms with Crippen LogP contribution < -0.4 is 10.6 Å². The molecule has 2 heterocycles. The Morgan fingerprint density at radius 3 is 2.52 bits per heavy atom. The van der Waals surface area contributed by atoms with Crippen LogP contribution in [-0.4, -0.2) is 49.2 Å². The maximum atomic E-state index is 5.87. The highest BCUT2D eigenvalue weighted by Crippen LogP contribution is 2.17. The summed E-state index contributed by atoms with van der Waals surface area (Å²) >= 11 is 0. The van der Waals surface area contributed by atoms with Crippen molar-refractivity contribution in [2.24, 2.45) is 4.99 Å². The Kier molecular flexibility index (Phi) is 8.14. The van der Waals surface area contributed by atoms with E-state index in [1.54, 1.807) is 6.26 Å². The number of hydrogen-bond donors (Lipinski definition) is 2. The van der Waals surface area contributed by atoms with E-state index in [0.717, 1.165) is 50.9 Å². The Morgan fingerprint density at radius 1 is 1.07 bits per heavy atom. The number of nitrogens with one attached hydrogen (secondary N) is 2. The van der Waals surface area contributed by atoms with Gasteiger partial charge in [-0.15, -0.1) is 0 Å². The highest BCUT2D eigenvalue weighted by atomic mass is 16.5. The average molecular weight is 399 g/mol. The normalized spacial score (nSPS) is 20.6. The van der Waals surface area contributed by atoms with E-state index in [9.17, 15) is 0 Å². The van der Waals surface area contributed by atoms with Crippen molar-refractivity contribution in [3.63, 3.8) is 0 Å². The molecule has 29 heavy (non-hydrogen) atoms. The molecule has 1 aromatic carbocycles. The van der Waals surface area contributed by atoms with Gasteiger partial charge in [0, 0.05) is 39.1 Å². The first-order valence-corrected chi connectivity index (χ1v) is 10.6. The van der Waals surface area contributed by atoms with Crippen molar-refractivity contribution < 1.29 is 9.15 Å². The minimum absolute atomic E-state index is 0.280. The van der Waals surface area contributed by atoms with E-state index in [4.69, 9.17) is 14.1 Å². The lowest BCUT2D eigenvalue weighted by atomic mass is 10.1. The van der Waals surface area contributed by atoms with E-state index in [0.29, 0.717) is 6.54 Å². The fraction of sp³-hybridized carbons (Fsp3) is 0.522. The minimum Gasteiger partial charge on any atom is -0.469 e. The Morgan fingerprint density at radius 2 is 1.83 bits per heavy atom. The molecule has 2 unspecified atom stereocenters. The van der Waals surface area contributed by atoms with Gasteiger partial charge in [-0.05, 0) is 44.0 Å². The van der Waals surface area contributed by atoms with Crippen LogP contribution in [0.5, 0.6) is 0 Å². The van der Waals surface area contributed by atoms with Crippen molar-refractivity contribution in [1.29, 1.82) is 0 Å². The number of furan rings is 1. The molecule has 0 bridgehead atoms. The second-order valence-electron chi connectivity index (χ2n) is 7.67. The van der Waals surface area contributed by atoms with Gasteiger partial charge in [0.1, 0.15) is 5.76 Å². The van der Waals surface area contributed by atoms with Crippen molar-refractivity contribution in [2.75, 3.05) is 26.2 Å². The molecule has 0 spiro atoms. The lowest BCUT2D eigenvalue weighted by Crippen LogP contribution is -2.44. The summed E-state index contributed by atoms with van der Waals surface area (Å²) in [7, 11) is 0. The van der Waals surface area contributed by atoms with Gasteiger partial charge in [-0.25, -0.2) is 4.99 Å². The molecule has 158 valence electrons. The molecule has 0 amide bonds. The van der Waals surface area contributed by atoms with Crippen LogP contribution in [0.4, 0.5) is 0 Å². The summed E-state index contributed by atoms with van der Waals surface area (Å²) in [5.74, 6) is 1.81. The largest absolute Gasteiger partial charge is 0.469 e. The highest BCUT2D eigenvalue weighted by Gasteiger charge is 2.22. The molecule has 6 heteroatoms. The third kappa shape index (κ3) is 6.91. The van der Waals surface area contributed by atoms with Gasteiger partial charge in [-0.3, -0.25) is 4.90 Å². The number of aliphatic imine (C=N–C) groups is 1. The summed E-state index contributed by atoms with van der Waals surface area (Å²) in [5, 5.41) is 6.72. The second-order valence-corrected chi connectivity index (χ2v) is 7.67. The monoisotopic (exact) mass is 398 g/mol. The molecule has 2 atom stereocenters. The maximum absolute atomic E-state index is 5.87. The third-order valence-electron chi connectivity index (χ3n) is 5.00. The predicted molar refractivity (Wildman–Crippen MR) is 117 cm³/mol. The Bertz CT molecular complexity index is 750. The van der Waals surface area contributed by atoms with E-state index >= 15 is 0 Å². The van der Waals surface area contributed by atoms with Crippen LogP contribution >= 0.6 is 0 Å². The van der Waals surface area contributed by atoms with E-state index in [1.807, 2.05) is 12.1 Å². The third-order valence-corrected chi connectivity index (χ3v) is 5.00. The summed E-state index contributed by atoms with van der Waals surface area (Å²) in [5.41, 5.74) is 2.60. The van der Waals surface area contributed by atoms with Gasteiger partial charge >= 0.3 is 0 Å². The van der Waals surface area contributed by atoms with Gasteiger partial charge < -0.3 is 19.8 Å². The molecular weight excluding hydrogens is 364 g/mol. The number of rotatable bonds is 8. The van der Waals surface area contributed by atoms with Crippen LogP contribution in [0.1, 0.15) is 37.7 Å². The topological polar surface area (TPSA) is 62.0 Å². The summed E-state index contributed by atoms with van der Waals surface area (Å²) in [6.45, 7) is 11.5. The number of ether oxygens (including phenoxy) is 1. The van der Waals surface area contributed by atoms with Crippen molar-refractivity contribution in [1.82, 2.24) is 15.5 Å². The molecule has 6 nitrogen and oxygen atoms in total. The van der Waals surface area contributed by atoms with Crippen LogP contribution in [-0.2, 0) is 24.2 Å². The van der Waals surface area contributed by atoms with Crippen molar-refractivity contribution in [2.45, 2.75) is 52.5 Å². The van der Waals surface area contributed by atoms with Crippen LogP contribution in [0.15, 0.2) is 52.1 Å². The number of guanidine groups is 1. The molecular formula is C23H34N4O2. The summed E-state index contributed by atoms with van der Waals surface area (Å²) in [4.78, 5) is 7.29. The highest BCUT2D eigenvalue weighted by molar-refractivity contribution is 5.79. The second kappa shape index (κ2) is 11.0. The van der Waals surface area contributed by atoms with Gasteiger partial charge in [0.15, 0.2) is 5.96 Å². The zero-order valence-electron chi connectivity index (χ0n) is 17.9. The number of hydrogen-bond acceptors (Lipinski definition) is 4. The first kappa shape index (κ1) is 21.4. The minimum atomic E-state index is 0.280. The quantitative estimate of drug-likeness (QED) is 0.528. The summed E-state index contributed by atoms with van der Waals surface area (Å²) < 4.78 is 11.3. The van der Waals surface area contributed by atoms with Gasteiger partial charge in [0.2, 0.25) is 0 Å². The van der Waals surface area contributed by atoms with Gasteiger partial charge in [-0.1, -0.05) is 24.3 Å². The first-order valence-electron chi connectivity index (χ1n) is 10.6. The van der Waals surface area contributed by atoms with Crippen molar-refractivity contribution in [3.05, 3.63) is 59.5 Å². The van der Waals surface area contributed by atoms with E-state index < -0.39 is 0 Å². The maximum Gasteiger partial charge on any atom is 0.191 e. The number of benzene rings is 1. The molecule has 2 N–H and O–H groups in total. The molecule has 3 rings (SSSR count). The number of morpholine rings is 1. The van der Waals surface area contributed by atoms with E-state index in [2.05, 4.69) is 60.6 Å². The van der Waals surface area contributed by atoms with Gasteiger partial charge in [0.05, 0.1) is 25.0 Å². The molecule has 1 aromatic heterocycles. The molecule has 2 aromatic rings. The molecule has 1 saturated heterocycles. The van der Waals surface area contributed by atoms with Gasteiger partial charge in [0.25, 0.3) is 0 Å². The predicted octanol–water partition coefficient (Wildman–Crippen LogP) is 3.19. The molecule has 0 radical (unpaired) electrons. The molecule has 0 aliphatic carbocycles. The lowest BCUT2D eigenvalue weighted by Gasteiger charge is -2.35. The SMILES string of the molecule is CCNC(=NCc1ccccc1CN1CC(C)OC(C)C1)NCCc1ccco1. The fourth-order valence-electron chi connectivity index (χ4n) is 3.79. The fourth-order valence-corrected chi connectivity index (χ4v) is 3.79. The van der Waals surface area contributed by atoms with Crippen LogP contribution in [0.3, 0.4) is 0 Å².